The highest BCUT2D eigenvalue weighted by Gasteiger charge is 2.29. The fraction of sp³-hybridized carbons (Fsp3) is 0.579. The minimum absolute atomic E-state index is 0.208. The summed E-state index contributed by atoms with van der Waals surface area (Å²) in [6.07, 6.45) is 0. The van der Waals surface area contributed by atoms with Crippen molar-refractivity contribution in [3.63, 3.8) is 0 Å². The van der Waals surface area contributed by atoms with Crippen molar-refractivity contribution >= 4 is 30.9 Å². The Morgan fingerprint density at radius 1 is 1.12 bits per heavy atom. The average Bonchev–Trinajstić information content (AvgIpc) is 2.76. The van der Waals surface area contributed by atoms with Gasteiger partial charge in [0.15, 0.2) is 4.32 Å². The van der Waals surface area contributed by atoms with E-state index in [4.69, 9.17) is 12.2 Å². The van der Waals surface area contributed by atoms with Crippen molar-refractivity contribution in [1.82, 2.24) is 5.32 Å². The monoisotopic (exact) mass is 367 g/mol. The Kier molecular flexibility index (Phi) is 4.83. The zero-order chi connectivity index (χ0) is 18.5. The number of nitrogens with one attached hydrogen (secondary N) is 1. The van der Waals surface area contributed by atoms with E-state index in [1.54, 1.807) is 0 Å². The Balaban J connectivity index is 2.84. The van der Waals surface area contributed by atoms with Crippen molar-refractivity contribution < 1.29 is 9.32 Å². The first-order chi connectivity index (χ1) is 10.8. The number of aromatic hydroxyl groups is 1. The highest BCUT2D eigenvalue weighted by molar-refractivity contribution is 8.24. The lowest BCUT2D eigenvalue weighted by molar-refractivity contribution is 0.423. The molecule has 0 spiro atoms. The molecule has 2 N–H and O–H groups in total. The molecule has 0 saturated carbocycles. The van der Waals surface area contributed by atoms with Crippen LogP contribution < -0.4 is 5.32 Å². The zero-order valence-electron chi connectivity index (χ0n) is 15.7. The number of phenolic OH excluding ortho intramolecular Hbond substituents is 1. The van der Waals surface area contributed by atoms with Gasteiger partial charge >= 0.3 is 0 Å². The molecule has 0 bridgehead atoms. The largest absolute Gasteiger partial charge is 0.507 e. The SMILES string of the molecule is CC(c1cc(C(C)(C)C)c(O)c(C(C)(C)C)c1)=S1(=O)CCNC1=S. The fourth-order valence-electron chi connectivity index (χ4n) is 2.97. The molecule has 1 aliphatic heterocycles. The molecule has 1 aliphatic rings. The van der Waals surface area contributed by atoms with E-state index in [1.165, 1.54) is 0 Å². The number of rotatable bonds is 1. The van der Waals surface area contributed by atoms with Crippen molar-refractivity contribution in [1.29, 1.82) is 0 Å². The van der Waals surface area contributed by atoms with Gasteiger partial charge in [0, 0.05) is 37.8 Å². The van der Waals surface area contributed by atoms with Crippen LogP contribution >= 0.6 is 12.2 Å². The quantitative estimate of drug-likeness (QED) is 0.587. The van der Waals surface area contributed by atoms with Crippen LogP contribution in [0.2, 0.25) is 0 Å². The molecule has 5 heteroatoms. The molecule has 1 atom stereocenters. The molecule has 1 unspecified atom stereocenters. The van der Waals surface area contributed by atoms with Gasteiger partial charge in [0.05, 0.1) is 0 Å². The van der Waals surface area contributed by atoms with E-state index in [-0.39, 0.29) is 10.8 Å². The van der Waals surface area contributed by atoms with Gasteiger partial charge in [-0.25, -0.2) is 0 Å². The van der Waals surface area contributed by atoms with E-state index in [0.717, 1.165) is 21.6 Å². The first-order valence-electron chi connectivity index (χ1n) is 8.30. The standard InChI is InChI=1S/C19H29NO2S2/c1-12(24(22)9-8-20-17(24)23)13-10-14(18(2,3)4)16(21)15(11-13)19(5,6)7/h10-11,21H,8-9H2,1-7H3,(H,20,23). The maximum atomic E-state index is 13.3. The predicted octanol–water partition coefficient (Wildman–Crippen LogP) is 3.70. The number of benzene rings is 1. The van der Waals surface area contributed by atoms with E-state index < -0.39 is 9.52 Å². The van der Waals surface area contributed by atoms with Gasteiger partial charge in [-0.1, -0.05) is 53.8 Å². The van der Waals surface area contributed by atoms with Crippen LogP contribution in [0.15, 0.2) is 12.1 Å². The molecule has 0 aliphatic carbocycles. The van der Waals surface area contributed by atoms with E-state index in [9.17, 15) is 9.32 Å². The van der Waals surface area contributed by atoms with Gasteiger partial charge in [-0.3, -0.25) is 4.21 Å². The summed E-state index contributed by atoms with van der Waals surface area (Å²) in [5.74, 6) is 0.891. The molecule has 0 radical (unpaired) electrons. The molecule has 1 aromatic rings. The molecular formula is C19H29NO2S2. The maximum absolute atomic E-state index is 13.3. The van der Waals surface area contributed by atoms with E-state index >= 15 is 0 Å². The number of phenols is 1. The van der Waals surface area contributed by atoms with Crippen LogP contribution in [0, 0.1) is 0 Å². The summed E-state index contributed by atoms with van der Waals surface area (Å²) in [5, 5.41) is 13.9. The summed E-state index contributed by atoms with van der Waals surface area (Å²) in [6.45, 7) is 15.0. The zero-order valence-corrected chi connectivity index (χ0v) is 17.4. The molecule has 1 saturated heterocycles. The number of hydrogen-bond donors (Lipinski definition) is 2. The lowest BCUT2D eigenvalue weighted by Gasteiger charge is -2.28. The van der Waals surface area contributed by atoms with Gasteiger partial charge in [-0.15, -0.1) is 0 Å². The molecule has 3 nitrogen and oxygen atoms in total. The first-order valence-corrected chi connectivity index (χ1v) is 10.4. The third-order valence-electron chi connectivity index (χ3n) is 4.59. The Morgan fingerprint density at radius 3 is 1.92 bits per heavy atom. The minimum Gasteiger partial charge on any atom is -0.507 e. The van der Waals surface area contributed by atoms with Crippen LogP contribution in [0.5, 0.6) is 5.75 Å². The van der Waals surface area contributed by atoms with Crippen LogP contribution in [0.4, 0.5) is 0 Å². The Morgan fingerprint density at radius 2 is 1.58 bits per heavy atom. The molecule has 2 rings (SSSR count). The third kappa shape index (κ3) is 3.33. The smallest absolute Gasteiger partial charge is 0.157 e. The Bertz CT molecular complexity index is 767. The summed E-state index contributed by atoms with van der Waals surface area (Å²) in [5.41, 5.74) is 2.26. The van der Waals surface area contributed by atoms with Gasteiger partial charge < -0.3 is 10.4 Å². The molecule has 0 amide bonds. The summed E-state index contributed by atoms with van der Waals surface area (Å²) in [6, 6.07) is 3.96. The second-order valence-corrected chi connectivity index (χ2v) is 12.0. The average molecular weight is 368 g/mol. The number of hydrogen-bond acceptors (Lipinski definition) is 3. The van der Waals surface area contributed by atoms with Crippen molar-refractivity contribution in [3.8, 4) is 5.75 Å². The first kappa shape index (κ1) is 19.3. The fourth-order valence-corrected chi connectivity index (χ4v) is 5.69. The van der Waals surface area contributed by atoms with Crippen LogP contribution in [-0.2, 0) is 20.4 Å². The van der Waals surface area contributed by atoms with Crippen LogP contribution in [0.25, 0.3) is 0 Å². The summed E-state index contributed by atoms with van der Waals surface area (Å²) < 4.78 is 13.8. The van der Waals surface area contributed by atoms with Crippen molar-refractivity contribution in [2.75, 3.05) is 12.3 Å². The van der Waals surface area contributed by atoms with Gasteiger partial charge in [-0.2, -0.15) is 0 Å². The van der Waals surface area contributed by atoms with E-state index in [1.807, 2.05) is 19.1 Å². The lowest BCUT2D eigenvalue weighted by Crippen LogP contribution is -2.24. The summed E-state index contributed by atoms with van der Waals surface area (Å²) >= 11 is 5.31. The lowest BCUT2D eigenvalue weighted by atomic mass is 9.78. The van der Waals surface area contributed by atoms with Gasteiger partial charge in [-0.05, 0) is 35.4 Å². The molecule has 24 heavy (non-hydrogen) atoms. The van der Waals surface area contributed by atoms with Gasteiger partial charge in [0.1, 0.15) is 5.75 Å². The predicted molar refractivity (Wildman–Crippen MR) is 109 cm³/mol. The van der Waals surface area contributed by atoms with Crippen LogP contribution in [0.1, 0.15) is 65.2 Å². The normalized spacial score (nSPS) is 21.7. The Hall–Kier alpha value is -1.07. The summed E-state index contributed by atoms with van der Waals surface area (Å²) in [4.78, 5) is 0.813. The molecule has 1 fully saturated rings. The third-order valence-corrected chi connectivity index (χ3v) is 8.28. The van der Waals surface area contributed by atoms with Crippen molar-refractivity contribution in [2.24, 2.45) is 0 Å². The van der Waals surface area contributed by atoms with E-state index in [2.05, 4.69) is 46.9 Å². The highest BCUT2D eigenvalue weighted by Crippen LogP contribution is 2.40. The van der Waals surface area contributed by atoms with Crippen LogP contribution in [-0.4, -0.2) is 30.8 Å². The van der Waals surface area contributed by atoms with Gasteiger partial charge in [0.25, 0.3) is 0 Å². The number of thiocarbonyl (C=S) groups is 1. The summed E-state index contributed by atoms with van der Waals surface area (Å²) in [7, 11) is -2.35. The molecule has 1 heterocycles. The minimum atomic E-state index is -2.35. The molecule has 0 aromatic heterocycles. The molecule has 134 valence electrons. The molecule has 1 aromatic carbocycles. The molecular weight excluding hydrogens is 338 g/mol. The van der Waals surface area contributed by atoms with E-state index in [0.29, 0.717) is 22.4 Å². The van der Waals surface area contributed by atoms with Crippen molar-refractivity contribution in [3.05, 3.63) is 28.8 Å². The second kappa shape index (κ2) is 6.03. The van der Waals surface area contributed by atoms with Crippen molar-refractivity contribution in [2.45, 2.75) is 59.3 Å². The van der Waals surface area contributed by atoms with Crippen LogP contribution in [0.3, 0.4) is 0 Å². The maximum Gasteiger partial charge on any atom is 0.157 e. The highest BCUT2D eigenvalue weighted by atomic mass is 32.2. The van der Waals surface area contributed by atoms with Gasteiger partial charge in [0.2, 0.25) is 0 Å². The second-order valence-electron chi connectivity index (χ2n) is 8.57. The topological polar surface area (TPSA) is 49.3 Å². The Labute approximate surface area is 151 Å².